The fourth-order valence-electron chi connectivity index (χ4n) is 3.23. The van der Waals surface area contributed by atoms with E-state index in [1.165, 1.54) is 0 Å². The van der Waals surface area contributed by atoms with Crippen LogP contribution in [0.15, 0.2) is 88.0 Å². The van der Waals surface area contributed by atoms with Crippen molar-refractivity contribution < 1.29 is 14.4 Å². The number of nitrogens with one attached hydrogen (secondary N) is 2. The first-order valence-electron chi connectivity index (χ1n) is 9.63. The van der Waals surface area contributed by atoms with Crippen LogP contribution in [0.2, 0.25) is 0 Å². The Morgan fingerprint density at radius 3 is 2.38 bits per heavy atom. The largest absolute Gasteiger partial charge is 0.350 e. The van der Waals surface area contributed by atoms with E-state index in [9.17, 15) is 14.4 Å². The Kier molecular flexibility index (Phi) is 6.12. The van der Waals surface area contributed by atoms with Crippen molar-refractivity contribution in [1.82, 2.24) is 0 Å². The number of carbonyl (C=O) groups excluding carboxylic acids is 3. The lowest BCUT2D eigenvalue weighted by atomic mass is 10.1. The zero-order chi connectivity index (χ0) is 22.8. The maximum atomic E-state index is 12.9. The zero-order valence-electron chi connectivity index (χ0n) is 16.9. The summed E-state index contributed by atoms with van der Waals surface area (Å²) < 4.78 is 0.818. The van der Waals surface area contributed by atoms with Gasteiger partial charge >= 0.3 is 0 Å². The molecule has 0 spiro atoms. The molecule has 32 heavy (non-hydrogen) atoms. The van der Waals surface area contributed by atoms with Gasteiger partial charge in [0.05, 0.1) is 5.69 Å². The summed E-state index contributed by atoms with van der Waals surface area (Å²) in [6.07, 6.45) is 0. The highest BCUT2D eigenvalue weighted by molar-refractivity contribution is 9.10. The smallest absolute Gasteiger partial charge is 0.283 e. The summed E-state index contributed by atoms with van der Waals surface area (Å²) in [7, 11) is 0. The molecule has 0 unspecified atom stereocenters. The summed E-state index contributed by atoms with van der Waals surface area (Å²) in [5.41, 5.74) is 2.85. The van der Waals surface area contributed by atoms with Gasteiger partial charge in [-0.25, -0.2) is 4.90 Å². The number of hydrogen-bond acceptors (Lipinski definition) is 4. The lowest BCUT2D eigenvalue weighted by Crippen LogP contribution is -2.32. The second-order valence-electron chi connectivity index (χ2n) is 7.09. The highest BCUT2D eigenvalue weighted by Gasteiger charge is 2.38. The fraction of sp³-hybridized carbons (Fsp3) is 0.0417. The number of para-hydroxylation sites is 1. The number of imide groups is 1. The van der Waals surface area contributed by atoms with E-state index in [-0.39, 0.29) is 16.6 Å². The molecule has 0 atom stereocenters. The molecule has 0 aliphatic carbocycles. The Bertz CT molecular complexity index is 1270. The molecule has 3 aromatic rings. The monoisotopic (exact) mass is 509 g/mol. The van der Waals surface area contributed by atoms with E-state index in [1.807, 2.05) is 31.2 Å². The average molecular weight is 511 g/mol. The average Bonchev–Trinajstić information content (AvgIpc) is 2.99. The standard InChI is InChI=1S/C24H17BrClN3O3/c1-14-5-2-3-8-19(14)28-22(30)15-6-4-7-17(13-15)27-21-20(26)23(31)29(24(21)32)18-11-9-16(25)10-12-18/h2-13,27H,1H3,(H,28,30). The van der Waals surface area contributed by atoms with Gasteiger partial charge in [-0.3, -0.25) is 14.4 Å². The van der Waals surface area contributed by atoms with Crippen molar-refractivity contribution in [3.05, 3.63) is 99.1 Å². The normalized spacial score (nSPS) is 13.5. The molecule has 0 saturated carbocycles. The van der Waals surface area contributed by atoms with E-state index >= 15 is 0 Å². The van der Waals surface area contributed by atoms with Crippen LogP contribution in [0.25, 0.3) is 0 Å². The van der Waals surface area contributed by atoms with Crippen LogP contribution in [-0.2, 0) is 9.59 Å². The Morgan fingerprint density at radius 2 is 1.66 bits per heavy atom. The SMILES string of the molecule is Cc1ccccc1NC(=O)c1cccc(NC2=C(Cl)C(=O)N(c3ccc(Br)cc3)C2=O)c1. The van der Waals surface area contributed by atoms with Gasteiger partial charge in [0.25, 0.3) is 17.7 Å². The van der Waals surface area contributed by atoms with Crippen LogP contribution >= 0.6 is 27.5 Å². The van der Waals surface area contributed by atoms with Crippen LogP contribution in [0.1, 0.15) is 15.9 Å². The number of hydrogen-bond donors (Lipinski definition) is 2. The maximum absolute atomic E-state index is 12.9. The zero-order valence-corrected chi connectivity index (χ0v) is 19.2. The fourth-order valence-corrected chi connectivity index (χ4v) is 3.70. The van der Waals surface area contributed by atoms with E-state index in [1.54, 1.807) is 48.5 Å². The second kappa shape index (κ2) is 8.98. The Morgan fingerprint density at radius 1 is 0.938 bits per heavy atom. The van der Waals surface area contributed by atoms with E-state index in [0.717, 1.165) is 14.9 Å². The van der Waals surface area contributed by atoms with Crippen LogP contribution in [-0.4, -0.2) is 17.7 Å². The van der Waals surface area contributed by atoms with E-state index < -0.39 is 11.8 Å². The third kappa shape index (κ3) is 4.30. The lowest BCUT2D eigenvalue weighted by Gasteiger charge is -2.15. The Labute approximate surface area is 198 Å². The molecule has 1 aliphatic heterocycles. The predicted octanol–water partition coefficient (Wildman–Crippen LogP) is 5.45. The van der Waals surface area contributed by atoms with Crippen molar-refractivity contribution in [3.63, 3.8) is 0 Å². The van der Waals surface area contributed by atoms with Crippen LogP contribution in [0.5, 0.6) is 0 Å². The lowest BCUT2D eigenvalue weighted by molar-refractivity contribution is -0.120. The summed E-state index contributed by atoms with van der Waals surface area (Å²) in [5.74, 6) is -1.49. The molecule has 6 nitrogen and oxygen atoms in total. The van der Waals surface area contributed by atoms with Gasteiger partial charge in [-0.2, -0.15) is 0 Å². The van der Waals surface area contributed by atoms with Crippen LogP contribution in [0, 0.1) is 6.92 Å². The molecule has 2 N–H and O–H groups in total. The first kappa shape index (κ1) is 21.8. The van der Waals surface area contributed by atoms with Crippen molar-refractivity contribution in [2.24, 2.45) is 0 Å². The highest BCUT2D eigenvalue weighted by Crippen LogP contribution is 2.31. The van der Waals surface area contributed by atoms with Crippen molar-refractivity contribution >= 4 is 62.3 Å². The number of halogens is 2. The number of anilines is 3. The molecule has 3 amide bonds. The minimum atomic E-state index is -0.616. The molecule has 0 fully saturated rings. The number of benzene rings is 3. The van der Waals surface area contributed by atoms with Crippen molar-refractivity contribution in [1.29, 1.82) is 0 Å². The molecule has 8 heteroatoms. The van der Waals surface area contributed by atoms with Crippen LogP contribution in [0.4, 0.5) is 17.1 Å². The quantitative estimate of drug-likeness (QED) is 0.448. The number of nitrogens with zero attached hydrogens (tertiary/aromatic N) is 1. The van der Waals surface area contributed by atoms with Crippen molar-refractivity contribution in [2.75, 3.05) is 15.5 Å². The topological polar surface area (TPSA) is 78.5 Å². The molecule has 160 valence electrons. The summed E-state index contributed by atoms with van der Waals surface area (Å²) in [4.78, 5) is 39.2. The molecule has 0 saturated heterocycles. The molecule has 4 rings (SSSR count). The van der Waals surface area contributed by atoms with Gasteiger partial charge in [-0.05, 0) is 61.0 Å². The number of carbonyl (C=O) groups is 3. The van der Waals surface area contributed by atoms with E-state index in [4.69, 9.17) is 11.6 Å². The molecule has 0 bridgehead atoms. The third-order valence-corrected chi connectivity index (χ3v) is 5.78. The number of rotatable bonds is 5. The summed E-state index contributed by atoms with van der Waals surface area (Å²) in [5, 5.41) is 5.55. The maximum Gasteiger partial charge on any atom is 0.283 e. The molecule has 0 aromatic heterocycles. The number of amides is 3. The van der Waals surface area contributed by atoms with Gasteiger partial charge in [-0.15, -0.1) is 0 Å². The molecule has 1 heterocycles. The minimum absolute atomic E-state index is 0.0453. The first-order chi connectivity index (χ1) is 15.3. The van der Waals surface area contributed by atoms with Gasteiger partial charge in [0.1, 0.15) is 10.7 Å². The first-order valence-corrected chi connectivity index (χ1v) is 10.8. The molecule has 0 radical (unpaired) electrons. The molecule has 1 aliphatic rings. The van der Waals surface area contributed by atoms with Crippen molar-refractivity contribution in [2.45, 2.75) is 6.92 Å². The summed E-state index contributed by atoms with van der Waals surface area (Å²) >= 11 is 9.52. The van der Waals surface area contributed by atoms with Gasteiger partial charge < -0.3 is 10.6 Å². The minimum Gasteiger partial charge on any atom is -0.350 e. The van der Waals surface area contributed by atoms with Gasteiger partial charge in [0.2, 0.25) is 0 Å². The van der Waals surface area contributed by atoms with Crippen molar-refractivity contribution in [3.8, 4) is 0 Å². The Balaban J connectivity index is 1.55. The highest BCUT2D eigenvalue weighted by atomic mass is 79.9. The van der Waals surface area contributed by atoms with Gasteiger partial charge in [0.15, 0.2) is 0 Å². The second-order valence-corrected chi connectivity index (χ2v) is 8.38. The number of aryl methyl sites for hydroxylation is 1. The third-order valence-electron chi connectivity index (χ3n) is 4.90. The molecular weight excluding hydrogens is 494 g/mol. The molecule has 3 aromatic carbocycles. The van der Waals surface area contributed by atoms with Gasteiger partial charge in [0, 0.05) is 21.4 Å². The van der Waals surface area contributed by atoms with Crippen LogP contribution < -0.4 is 15.5 Å². The Hall–Kier alpha value is -3.42. The summed E-state index contributed by atoms with van der Waals surface area (Å²) in [6, 6.07) is 20.8. The molecular formula is C24H17BrClN3O3. The van der Waals surface area contributed by atoms with Gasteiger partial charge in [-0.1, -0.05) is 51.8 Å². The van der Waals surface area contributed by atoms with E-state index in [0.29, 0.717) is 22.6 Å². The van der Waals surface area contributed by atoms with E-state index in [2.05, 4.69) is 26.6 Å². The van der Waals surface area contributed by atoms with Crippen LogP contribution in [0.3, 0.4) is 0 Å². The predicted molar refractivity (Wildman–Crippen MR) is 129 cm³/mol. The summed E-state index contributed by atoms with van der Waals surface area (Å²) in [6.45, 7) is 1.90.